The van der Waals surface area contributed by atoms with Gasteiger partial charge in [0.1, 0.15) is 23.1 Å². The molecule has 0 radical (unpaired) electrons. The number of carboxylic acids is 1. The highest BCUT2D eigenvalue weighted by atomic mass is 19.4. The summed E-state index contributed by atoms with van der Waals surface area (Å²) in [5, 5.41) is 9.77. The van der Waals surface area contributed by atoms with Gasteiger partial charge in [-0.3, -0.25) is 9.36 Å². The Labute approximate surface area is 220 Å². The minimum Gasteiger partial charge on any atom is -0.496 e. The average molecular weight is 552 g/mol. The van der Waals surface area contributed by atoms with Gasteiger partial charge in [-0.1, -0.05) is 18.2 Å². The number of para-hydroxylation sites is 1. The van der Waals surface area contributed by atoms with Crippen LogP contribution in [0, 0.1) is 0 Å². The molecule has 3 aromatic rings. The van der Waals surface area contributed by atoms with Crippen LogP contribution < -0.4 is 16.0 Å². The molecule has 0 spiro atoms. The van der Waals surface area contributed by atoms with Crippen molar-refractivity contribution in [3.8, 4) is 5.75 Å². The highest BCUT2D eigenvalue weighted by molar-refractivity contribution is 5.78. The fourth-order valence-electron chi connectivity index (χ4n) is 4.52. The van der Waals surface area contributed by atoms with Gasteiger partial charge >= 0.3 is 17.8 Å². The van der Waals surface area contributed by atoms with E-state index in [1.807, 2.05) is 0 Å². The lowest BCUT2D eigenvalue weighted by molar-refractivity contribution is -0.146. The largest absolute Gasteiger partial charge is 0.496 e. The first-order valence-electron chi connectivity index (χ1n) is 12.2. The quantitative estimate of drug-likeness (QED) is 0.453. The molecule has 0 saturated carbocycles. The van der Waals surface area contributed by atoms with E-state index in [2.05, 4.69) is 4.98 Å². The lowest BCUT2D eigenvalue weighted by atomic mass is 10.0. The molecule has 1 aliphatic rings. The van der Waals surface area contributed by atoms with Gasteiger partial charge in [0, 0.05) is 18.8 Å². The lowest BCUT2D eigenvalue weighted by Gasteiger charge is -2.30. The number of hydrogen-bond donors (Lipinski definition) is 1. The van der Waals surface area contributed by atoms with E-state index in [4.69, 9.17) is 14.2 Å². The Bertz CT molecular complexity index is 1490. The van der Waals surface area contributed by atoms with Gasteiger partial charge in [-0.15, -0.1) is 0 Å². The van der Waals surface area contributed by atoms with Crippen LogP contribution in [-0.2, 0) is 32.5 Å². The molecule has 0 unspecified atom stereocenters. The highest BCUT2D eigenvalue weighted by Gasteiger charge is 2.37. The third-order valence-electron chi connectivity index (χ3n) is 6.72. The Morgan fingerprint density at radius 2 is 1.82 bits per heavy atom. The van der Waals surface area contributed by atoms with Gasteiger partial charge in [0.15, 0.2) is 5.52 Å². The van der Waals surface area contributed by atoms with Gasteiger partial charge < -0.3 is 19.3 Å². The smallest absolute Gasteiger partial charge is 0.433 e. The molecule has 210 valence electrons. The molecule has 1 saturated heterocycles. The van der Waals surface area contributed by atoms with Crippen LogP contribution in [0.3, 0.4) is 0 Å². The number of fused-ring (bicyclic) bond motifs is 1. The second-order valence-electron chi connectivity index (χ2n) is 9.64. The summed E-state index contributed by atoms with van der Waals surface area (Å²) in [6, 6.07) is 8.56. The molecule has 4 rings (SSSR count). The van der Waals surface area contributed by atoms with Crippen LogP contribution in [0.4, 0.5) is 13.2 Å². The molecule has 0 amide bonds. The van der Waals surface area contributed by atoms with Crippen LogP contribution in [0.5, 0.6) is 5.75 Å². The predicted octanol–water partition coefficient (Wildman–Crippen LogP) is 3.34. The van der Waals surface area contributed by atoms with E-state index in [1.165, 1.54) is 7.11 Å². The zero-order chi connectivity index (χ0) is 28.5. The van der Waals surface area contributed by atoms with Crippen LogP contribution in [0.15, 0.2) is 46.0 Å². The second-order valence-corrected chi connectivity index (χ2v) is 9.64. The zero-order valence-electron chi connectivity index (χ0n) is 21.5. The summed E-state index contributed by atoms with van der Waals surface area (Å²) in [5.74, 6) is -1.08. The number of aromatic nitrogens is 3. The lowest BCUT2D eigenvalue weighted by Crippen LogP contribution is -2.53. The molecule has 1 N–H and O–H groups in total. The average Bonchev–Trinajstić information content (AvgIpc) is 2.90. The number of methoxy groups -OCH3 is 1. The van der Waals surface area contributed by atoms with E-state index >= 15 is 0 Å². The van der Waals surface area contributed by atoms with Crippen LogP contribution in [0.2, 0.25) is 0 Å². The summed E-state index contributed by atoms with van der Waals surface area (Å²) in [6.07, 6.45) is -4.84. The molecule has 13 heteroatoms. The van der Waals surface area contributed by atoms with E-state index in [1.54, 1.807) is 24.3 Å². The monoisotopic (exact) mass is 551 g/mol. The standard InChI is InChI=1S/C26H28F3N3O7/c1-25(2,23(34)35)32-22(33)21-17(8-9-20(30-21)26(27,28)29)31(24(32)36)14-19(39-15-10-12-38-13-11-15)16-6-4-5-7-18(16)37-3/h4-9,15,19H,10-14H2,1-3H3,(H,34,35)/t19-/m0/s1. The number of carbonyl (C=O) groups is 1. The molecule has 0 aliphatic carbocycles. The number of rotatable bonds is 8. The zero-order valence-corrected chi connectivity index (χ0v) is 21.5. The summed E-state index contributed by atoms with van der Waals surface area (Å²) in [4.78, 5) is 42.6. The molecular formula is C26H28F3N3O7. The number of pyridine rings is 1. The Morgan fingerprint density at radius 1 is 1.15 bits per heavy atom. The van der Waals surface area contributed by atoms with Gasteiger partial charge in [-0.2, -0.15) is 13.2 Å². The van der Waals surface area contributed by atoms with Gasteiger partial charge in [-0.25, -0.2) is 19.1 Å². The fourth-order valence-corrected chi connectivity index (χ4v) is 4.52. The van der Waals surface area contributed by atoms with Gasteiger partial charge in [0.25, 0.3) is 5.56 Å². The Kier molecular flexibility index (Phi) is 7.84. The summed E-state index contributed by atoms with van der Waals surface area (Å²) >= 11 is 0. The van der Waals surface area contributed by atoms with Crippen molar-refractivity contribution in [2.75, 3.05) is 20.3 Å². The van der Waals surface area contributed by atoms with E-state index in [-0.39, 0.29) is 18.2 Å². The van der Waals surface area contributed by atoms with Crippen molar-refractivity contribution in [1.29, 1.82) is 0 Å². The number of benzene rings is 1. The SMILES string of the molecule is COc1ccccc1[C@H](Cn1c(=O)n(C(C)(C)C(=O)O)c(=O)c2nc(C(F)(F)F)ccc21)OC1CCOCC1. The number of hydrogen-bond acceptors (Lipinski definition) is 7. The summed E-state index contributed by atoms with van der Waals surface area (Å²) in [6.45, 7) is 2.88. The van der Waals surface area contributed by atoms with E-state index in [0.29, 0.717) is 48.0 Å². The number of aliphatic carboxylic acids is 1. The Balaban J connectivity index is 1.97. The normalized spacial score (nSPS) is 15.8. The van der Waals surface area contributed by atoms with Crippen LogP contribution in [-0.4, -0.2) is 51.6 Å². The number of carboxylic acid groups (broad SMARTS) is 1. The number of nitrogens with zero attached hydrogens (tertiary/aromatic N) is 3. The number of ether oxygens (including phenoxy) is 3. The van der Waals surface area contributed by atoms with Gasteiger partial charge in [0.05, 0.1) is 25.3 Å². The van der Waals surface area contributed by atoms with Crippen molar-refractivity contribution in [3.63, 3.8) is 0 Å². The molecule has 2 aromatic heterocycles. The third-order valence-corrected chi connectivity index (χ3v) is 6.72. The molecule has 10 nitrogen and oxygen atoms in total. The van der Waals surface area contributed by atoms with E-state index in [0.717, 1.165) is 24.5 Å². The molecular weight excluding hydrogens is 523 g/mol. The van der Waals surface area contributed by atoms with Crippen molar-refractivity contribution in [1.82, 2.24) is 14.1 Å². The maximum absolute atomic E-state index is 13.8. The maximum Gasteiger partial charge on any atom is 0.433 e. The van der Waals surface area contributed by atoms with Crippen molar-refractivity contribution in [2.24, 2.45) is 0 Å². The molecule has 1 aliphatic heterocycles. The molecule has 1 aromatic carbocycles. The van der Waals surface area contributed by atoms with Crippen LogP contribution >= 0.6 is 0 Å². The Hall–Kier alpha value is -3.71. The van der Waals surface area contributed by atoms with Gasteiger partial charge in [0.2, 0.25) is 0 Å². The topological polar surface area (TPSA) is 122 Å². The molecule has 1 atom stereocenters. The first-order valence-corrected chi connectivity index (χ1v) is 12.2. The highest BCUT2D eigenvalue weighted by Crippen LogP contribution is 2.33. The molecule has 0 bridgehead atoms. The third kappa shape index (κ3) is 5.55. The molecule has 39 heavy (non-hydrogen) atoms. The first-order chi connectivity index (χ1) is 18.4. The van der Waals surface area contributed by atoms with E-state index in [9.17, 15) is 32.7 Å². The number of halogens is 3. The summed E-state index contributed by atoms with van der Waals surface area (Å²) < 4.78 is 59.2. The Morgan fingerprint density at radius 3 is 2.44 bits per heavy atom. The second kappa shape index (κ2) is 10.8. The minimum atomic E-state index is -4.87. The van der Waals surface area contributed by atoms with Crippen molar-refractivity contribution in [2.45, 2.75) is 57.2 Å². The van der Waals surface area contributed by atoms with Crippen LogP contribution in [0.1, 0.15) is 44.1 Å². The number of alkyl halides is 3. The van der Waals surface area contributed by atoms with E-state index < -0.39 is 46.2 Å². The predicted molar refractivity (Wildman–Crippen MR) is 133 cm³/mol. The van der Waals surface area contributed by atoms with Crippen LogP contribution in [0.25, 0.3) is 11.0 Å². The van der Waals surface area contributed by atoms with Crippen molar-refractivity contribution >= 4 is 17.0 Å². The summed E-state index contributed by atoms with van der Waals surface area (Å²) in [7, 11) is 1.46. The maximum atomic E-state index is 13.8. The molecule has 1 fully saturated rings. The first kappa shape index (κ1) is 28.3. The fraction of sp³-hybridized carbons (Fsp3) is 0.462. The summed E-state index contributed by atoms with van der Waals surface area (Å²) in [5.41, 5.74) is -6.05. The van der Waals surface area contributed by atoms with Crippen molar-refractivity contribution in [3.05, 3.63) is 68.5 Å². The van der Waals surface area contributed by atoms with Gasteiger partial charge in [-0.05, 0) is 44.9 Å². The van der Waals surface area contributed by atoms with Crippen molar-refractivity contribution < 1.29 is 37.3 Å². The minimum absolute atomic E-state index is 0.189. The molecule has 3 heterocycles.